The minimum atomic E-state index is -3.84. The molecule has 2 unspecified atom stereocenters. The molecule has 3 N–H and O–H groups in total. The van der Waals surface area contributed by atoms with Gasteiger partial charge in [0, 0.05) is 14.2 Å². The van der Waals surface area contributed by atoms with Gasteiger partial charge in [0.05, 0.1) is 6.04 Å². The predicted molar refractivity (Wildman–Crippen MR) is 123 cm³/mol. The molecular weight excluding hydrogens is 435 g/mol. The van der Waals surface area contributed by atoms with E-state index in [9.17, 15) is 19.3 Å². The Hall–Kier alpha value is -1.15. The number of amides is 2. The van der Waals surface area contributed by atoms with E-state index in [1.807, 2.05) is 13.8 Å². The van der Waals surface area contributed by atoms with Crippen molar-refractivity contribution in [1.82, 2.24) is 10.6 Å². The van der Waals surface area contributed by atoms with Crippen LogP contribution in [0.1, 0.15) is 79.6 Å². The van der Waals surface area contributed by atoms with E-state index in [1.165, 1.54) is 20.6 Å². The fourth-order valence-corrected chi connectivity index (χ4v) is 5.20. The molecule has 0 saturated heterocycles. The van der Waals surface area contributed by atoms with Crippen molar-refractivity contribution in [3.63, 3.8) is 0 Å². The lowest BCUT2D eigenvalue weighted by Crippen LogP contribution is -2.54. The molecule has 9 nitrogen and oxygen atoms in total. The summed E-state index contributed by atoms with van der Waals surface area (Å²) in [6.45, 7) is 9.11. The number of aliphatic hydroxyl groups is 1. The second-order valence-electron chi connectivity index (χ2n) is 10.0. The SMILES string of the molecule is COP(=O)(OC)C(O)C(CC1CCCCC1)NC(=O)[C@H](CC(C)C)NC(=O)OC(C)(C)C. The fourth-order valence-electron chi connectivity index (χ4n) is 3.98. The van der Waals surface area contributed by atoms with Gasteiger partial charge in [-0.25, -0.2) is 4.79 Å². The number of ether oxygens (including phenoxy) is 1. The highest BCUT2D eigenvalue weighted by atomic mass is 31.2. The first-order valence-electron chi connectivity index (χ1n) is 11.5. The van der Waals surface area contributed by atoms with Crippen LogP contribution in [0.4, 0.5) is 4.79 Å². The standard InChI is InChI=1S/C22H43N2O7P/c1-15(2)13-17(24-21(27)31-22(3,4)5)19(25)23-18(14-16-11-9-8-10-12-16)20(26)32(28,29-6)30-7/h15-18,20,26H,8-14H2,1-7H3,(H,23,25)(H,24,27)/t17-,18?,20?/m0/s1. The van der Waals surface area contributed by atoms with Crippen LogP contribution in [-0.2, 0) is 23.1 Å². The molecule has 1 aliphatic rings. The third-order valence-electron chi connectivity index (χ3n) is 5.55. The molecule has 1 aliphatic carbocycles. The second kappa shape index (κ2) is 12.9. The van der Waals surface area contributed by atoms with Gasteiger partial charge in [-0.3, -0.25) is 9.36 Å². The van der Waals surface area contributed by atoms with Crippen molar-refractivity contribution in [1.29, 1.82) is 0 Å². The summed E-state index contributed by atoms with van der Waals surface area (Å²) in [5.41, 5.74) is -0.702. The molecule has 32 heavy (non-hydrogen) atoms. The molecule has 0 aromatic carbocycles. The van der Waals surface area contributed by atoms with Crippen LogP contribution in [0.2, 0.25) is 0 Å². The Morgan fingerprint density at radius 3 is 2.09 bits per heavy atom. The molecule has 1 fully saturated rings. The van der Waals surface area contributed by atoms with Crippen LogP contribution in [0.25, 0.3) is 0 Å². The minimum Gasteiger partial charge on any atom is -0.444 e. The van der Waals surface area contributed by atoms with E-state index in [2.05, 4.69) is 10.6 Å². The van der Waals surface area contributed by atoms with Gasteiger partial charge in [0.2, 0.25) is 5.91 Å². The van der Waals surface area contributed by atoms with Crippen LogP contribution >= 0.6 is 7.60 Å². The largest absolute Gasteiger partial charge is 0.444 e. The molecule has 1 rings (SSSR count). The zero-order valence-electron chi connectivity index (χ0n) is 20.7. The van der Waals surface area contributed by atoms with Crippen LogP contribution in [0.5, 0.6) is 0 Å². The molecule has 0 spiro atoms. The Balaban J connectivity index is 3.03. The summed E-state index contributed by atoms with van der Waals surface area (Å²) >= 11 is 0. The van der Waals surface area contributed by atoms with E-state index in [0.29, 0.717) is 12.8 Å². The number of hydrogen-bond acceptors (Lipinski definition) is 7. The summed E-state index contributed by atoms with van der Waals surface area (Å²) in [6, 6.07) is -1.71. The number of aliphatic hydroxyl groups excluding tert-OH is 1. The number of hydrogen-bond donors (Lipinski definition) is 3. The van der Waals surface area contributed by atoms with Gasteiger partial charge in [-0.1, -0.05) is 46.0 Å². The smallest absolute Gasteiger partial charge is 0.408 e. The molecule has 2 amide bonds. The van der Waals surface area contributed by atoms with E-state index in [4.69, 9.17) is 13.8 Å². The van der Waals surface area contributed by atoms with E-state index in [1.54, 1.807) is 20.8 Å². The minimum absolute atomic E-state index is 0.117. The first kappa shape index (κ1) is 28.9. The Morgan fingerprint density at radius 1 is 1.06 bits per heavy atom. The third kappa shape index (κ3) is 9.77. The maximum Gasteiger partial charge on any atom is 0.408 e. The van der Waals surface area contributed by atoms with Crippen molar-refractivity contribution in [2.45, 2.75) is 103 Å². The summed E-state index contributed by atoms with van der Waals surface area (Å²) in [4.78, 5) is 25.5. The fraction of sp³-hybridized carbons (Fsp3) is 0.909. The van der Waals surface area contributed by atoms with Gasteiger partial charge in [0.25, 0.3) is 0 Å². The Morgan fingerprint density at radius 2 is 1.62 bits per heavy atom. The monoisotopic (exact) mass is 478 g/mol. The average Bonchev–Trinajstić information content (AvgIpc) is 2.70. The highest BCUT2D eigenvalue weighted by Gasteiger charge is 2.41. The molecule has 0 aromatic heterocycles. The van der Waals surface area contributed by atoms with Gasteiger partial charge in [-0.2, -0.15) is 0 Å². The number of carbonyl (C=O) groups excluding carboxylic acids is 2. The molecule has 0 radical (unpaired) electrons. The summed E-state index contributed by atoms with van der Waals surface area (Å²) < 4.78 is 28.1. The molecule has 188 valence electrons. The lowest BCUT2D eigenvalue weighted by atomic mass is 9.85. The van der Waals surface area contributed by atoms with E-state index < -0.39 is 43.1 Å². The quantitative estimate of drug-likeness (QED) is 0.381. The third-order valence-corrected chi connectivity index (χ3v) is 7.57. The van der Waals surface area contributed by atoms with Crippen LogP contribution in [0.3, 0.4) is 0 Å². The summed E-state index contributed by atoms with van der Waals surface area (Å²) in [5.74, 6) is -1.59. The van der Waals surface area contributed by atoms with Crippen LogP contribution in [0.15, 0.2) is 0 Å². The van der Waals surface area contributed by atoms with Crippen molar-refractivity contribution >= 4 is 19.6 Å². The molecule has 1 saturated carbocycles. The van der Waals surface area contributed by atoms with Crippen molar-refractivity contribution in [2.75, 3.05) is 14.2 Å². The predicted octanol–water partition coefficient (Wildman–Crippen LogP) is 4.19. The van der Waals surface area contributed by atoms with Gasteiger partial charge < -0.3 is 29.5 Å². The molecule has 3 atom stereocenters. The highest BCUT2D eigenvalue weighted by molar-refractivity contribution is 7.54. The molecule has 0 heterocycles. The van der Waals surface area contributed by atoms with Gasteiger partial charge in [0.15, 0.2) is 5.85 Å². The van der Waals surface area contributed by atoms with Gasteiger partial charge >= 0.3 is 13.7 Å². The van der Waals surface area contributed by atoms with Gasteiger partial charge in [-0.15, -0.1) is 0 Å². The zero-order valence-corrected chi connectivity index (χ0v) is 21.6. The first-order valence-corrected chi connectivity index (χ1v) is 13.1. The van der Waals surface area contributed by atoms with Crippen molar-refractivity contribution in [2.24, 2.45) is 11.8 Å². The number of nitrogens with one attached hydrogen (secondary N) is 2. The van der Waals surface area contributed by atoms with Gasteiger partial charge in [0.1, 0.15) is 11.6 Å². The zero-order chi connectivity index (χ0) is 24.5. The average molecular weight is 479 g/mol. The molecule has 0 bridgehead atoms. The van der Waals surface area contributed by atoms with Crippen LogP contribution in [-0.4, -0.2) is 54.9 Å². The second-order valence-corrected chi connectivity index (χ2v) is 12.3. The lowest BCUT2D eigenvalue weighted by Gasteiger charge is -2.33. The van der Waals surface area contributed by atoms with E-state index in [-0.39, 0.29) is 11.8 Å². The summed E-state index contributed by atoms with van der Waals surface area (Å²) in [6.07, 6.45) is 5.44. The maximum absolute atomic E-state index is 13.2. The number of rotatable bonds is 11. The lowest BCUT2D eigenvalue weighted by molar-refractivity contribution is -0.125. The topological polar surface area (TPSA) is 123 Å². The summed E-state index contributed by atoms with van der Waals surface area (Å²) in [5, 5.41) is 16.3. The Labute approximate surface area is 192 Å². The first-order chi connectivity index (χ1) is 14.8. The maximum atomic E-state index is 13.2. The van der Waals surface area contributed by atoms with Crippen molar-refractivity contribution in [3.8, 4) is 0 Å². The normalized spacial score (nSPS) is 18.7. The van der Waals surface area contributed by atoms with Crippen LogP contribution in [0, 0.1) is 11.8 Å². The van der Waals surface area contributed by atoms with Crippen molar-refractivity contribution in [3.05, 3.63) is 0 Å². The van der Waals surface area contributed by atoms with Crippen molar-refractivity contribution < 1.29 is 33.0 Å². The Bertz CT molecular complexity index is 637. The van der Waals surface area contributed by atoms with E-state index in [0.717, 1.165) is 25.7 Å². The van der Waals surface area contributed by atoms with E-state index >= 15 is 0 Å². The highest BCUT2D eigenvalue weighted by Crippen LogP contribution is 2.52. The molecule has 0 aromatic rings. The van der Waals surface area contributed by atoms with Crippen LogP contribution < -0.4 is 10.6 Å². The number of alkyl carbamates (subject to hydrolysis) is 1. The molecule has 10 heteroatoms. The number of carbonyl (C=O) groups is 2. The van der Waals surface area contributed by atoms with Gasteiger partial charge in [-0.05, 0) is 45.4 Å². The Kier molecular flexibility index (Phi) is 11.7. The molecular formula is C22H43N2O7P. The molecule has 0 aliphatic heterocycles. The summed E-state index contributed by atoms with van der Waals surface area (Å²) in [7, 11) is -1.42.